The van der Waals surface area contributed by atoms with E-state index in [1.807, 2.05) is 30.3 Å². The molecule has 0 atom stereocenters. The molecule has 0 saturated heterocycles. The maximum Gasteiger partial charge on any atom is 0.290 e. The van der Waals surface area contributed by atoms with Gasteiger partial charge in [-0.3, -0.25) is 4.79 Å². The number of hydrogen-bond donors (Lipinski definition) is 0. The number of benzene rings is 2. The van der Waals surface area contributed by atoms with Crippen LogP contribution >= 0.6 is 0 Å². The third-order valence-corrected chi connectivity index (χ3v) is 3.71. The maximum absolute atomic E-state index is 12.4. The van der Waals surface area contributed by atoms with Gasteiger partial charge in [0.25, 0.3) is 5.56 Å². The van der Waals surface area contributed by atoms with Gasteiger partial charge in [-0.1, -0.05) is 36.4 Å². The molecule has 0 radical (unpaired) electrons. The van der Waals surface area contributed by atoms with E-state index < -0.39 is 0 Å². The van der Waals surface area contributed by atoms with E-state index in [1.165, 1.54) is 11.8 Å². The minimum Gasteiger partial charge on any atom is -0.496 e. The molecule has 0 saturated carbocycles. The number of methoxy groups -OCH3 is 1. The van der Waals surface area contributed by atoms with E-state index in [1.54, 1.807) is 19.4 Å². The van der Waals surface area contributed by atoms with E-state index >= 15 is 0 Å². The van der Waals surface area contributed by atoms with Gasteiger partial charge in [0.1, 0.15) is 12.9 Å². The molecule has 0 aliphatic carbocycles. The van der Waals surface area contributed by atoms with Gasteiger partial charge in [0.2, 0.25) is 0 Å². The molecular weight excluding hydrogens is 278 g/mol. The van der Waals surface area contributed by atoms with Crippen LogP contribution in [0.4, 0.5) is 0 Å². The summed E-state index contributed by atoms with van der Waals surface area (Å²) in [5.41, 5.74) is 1.96. The molecule has 0 aliphatic heterocycles. The maximum atomic E-state index is 12.4. The van der Waals surface area contributed by atoms with Gasteiger partial charge in [-0.2, -0.15) is 4.73 Å². The second-order valence-electron chi connectivity index (χ2n) is 5.01. The molecule has 3 rings (SSSR count). The van der Waals surface area contributed by atoms with Crippen molar-refractivity contribution in [1.82, 2.24) is 4.73 Å². The Kier molecular flexibility index (Phi) is 3.83. The van der Waals surface area contributed by atoms with Gasteiger partial charge in [-0.05, 0) is 29.7 Å². The molecule has 1 heterocycles. The minimum absolute atomic E-state index is 0.187. The highest BCUT2D eigenvalue weighted by molar-refractivity contribution is 5.90. The third kappa shape index (κ3) is 2.44. The highest BCUT2D eigenvalue weighted by atomic mass is 16.6. The second-order valence-corrected chi connectivity index (χ2v) is 5.01. The first-order valence-electron chi connectivity index (χ1n) is 7.04. The summed E-state index contributed by atoms with van der Waals surface area (Å²) in [6, 6.07) is 15.6. The average molecular weight is 295 g/mol. The highest BCUT2D eigenvalue weighted by Gasteiger charge is 2.13. The monoisotopic (exact) mass is 295 g/mol. The van der Waals surface area contributed by atoms with Crippen LogP contribution in [0.15, 0.2) is 59.5 Å². The summed E-state index contributed by atoms with van der Waals surface area (Å²) in [6.45, 7) is 0. The van der Waals surface area contributed by atoms with Crippen LogP contribution < -0.4 is 15.1 Å². The molecule has 0 spiro atoms. The number of hydrogen-bond acceptors (Lipinski definition) is 3. The predicted octanol–water partition coefficient (Wildman–Crippen LogP) is 2.66. The molecule has 0 N–H and O–H groups in total. The van der Waals surface area contributed by atoms with Crippen molar-refractivity contribution in [1.29, 1.82) is 0 Å². The van der Waals surface area contributed by atoms with Crippen LogP contribution in [0, 0.1) is 0 Å². The van der Waals surface area contributed by atoms with Crippen LogP contribution in [0.3, 0.4) is 0 Å². The summed E-state index contributed by atoms with van der Waals surface area (Å²) in [7, 11) is 3.10. The van der Waals surface area contributed by atoms with Crippen LogP contribution in [0.25, 0.3) is 10.8 Å². The first-order valence-corrected chi connectivity index (χ1v) is 7.04. The van der Waals surface area contributed by atoms with Crippen molar-refractivity contribution in [3.05, 3.63) is 76.2 Å². The molecule has 0 fully saturated rings. The molecule has 1 aromatic heterocycles. The van der Waals surface area contributed by atoms with Gasteiger partial charge in [-0.15, -0.1) is 0 Å². The first kappa shape index (κ1) is 14.2. The summed E-state index contributed by atoms with van der Waals surface area (Å²) in [4.78, 5) is 17.6. The van der Waals surface area contributed by atoms with Crippen molar-refractivity contribution in [2.45, 2.75) is 6.42 Å². The number of aromatic nitrogens is 1. The van der Waals surface area contributed by atoms with Gasteiger partial charge in [0.05, 0.1) is 18.7 Å². The first-order chi connectivity index (χ1) is 10.7. The smallest absolute Gasteiger partial charge is 0.290 e. The van der Waals surface area contributed by atoms with Crippen LogP contribution in [-0.4, -0.2) is 19.0 Å². The van der Waals surface area contributed by atoms with E-state index in [-0.39, 0.29) is 5.56 Å². The SMILES string of the molecule is COc1cccc2c(=O)n(OC)cc(Cc3ccccc3)c12. The fraction of sp³-hybridized carbons (Fsp3) is 0.167. The Balaban J connectivity index is 2.27. The van der Waals surface area contributed by atoms with Crippen LogP contribution in [0.2, 0.25) is 0 Å². The molecule has 112 valence electrons. The Morgan fingerprint density at radius 2 is 1.77 bits per heavy atom. The van der Waals surface area contributed by atoms with Crippen molar-refractivity contribution in [3.63, 3.8) is 0 Å². The van der Waals surface area contributed by atoms with Crippen molar-refractivity contribution in [2.24, 2.45) is 0 Å². The normalized spacial score (nSPS) is 10.6. The Bertz CT molecular complexity index is 853. The molecule has 4 nitrogen and oxygen atoms in total. The topological polar surface area (TPSA) is 40.5 Å². The zero-order chi connectivity index (χ0) is 15.5. The Morgan fingerprint density at radius 3 is 2.45 bits per heavy atom. The quantitative estimate of drug-likeness (QED) is 0.743. The summed E-state index contributed by atoms with van der Waals surface area (Å²) in [6.07, 6.45) is 2.43. The number of ether oxygens (including phenoxy) is 1. The molecule has 0 amide bonds. The van der Waals surface area contributed by atoms with E-state index in [2.05, 4.69) is 12.1 Å². The number of nitrogens with zero attached hydrogens (tertiary/aromatic N) is 1. The lowest BCUT2D eigenvalue weighted by Crippen LogP contribution is -2.25. The Labute approximate surface area is 128 Å². The van der Waals surface area contributed by atoms with E-state index in [9.17, 15) is 4.79 Å². The minimum atomic E-state index is -0.187. The van der Waals surface area contributed by atoms with Crippen molar-refractivity contribution in [3.8, 4) is 5.75 Å². The summed E-state index contributed by atoms with van der Waals surface area (Å²) in [5, 5.41) is 1.43. The second kappa shape index (κ2) is 5.93. The highest BCUT2D eigenvalue weighted by Crippen LogP contribution is 2.28. The third-order valence-electron chi connectivity index (χ3n) is 3.71. The van der Waals surface area contributed by atoms with E-state index in [0.717, 1.165) is 16.5 Å². The lowest BCUT2D eigenvalue weighted by atomic mass is 10.00. The largest absolute Gasteiger partial charge is 0.496 e. The van der Waals surface area contributed by atoms with Gasteiger partial charge in [-0.25, -0.2) is 0 Å². The van der Waals surface area contributed by atoms with Crippen molar-refractivity contribution < 1.29 is 9.57 Å². The molecule has 2 aromatic carbocycles. The molecule has 0 unspecified atom stereocenters. The van der Waals surface area contributed by atoms with Crippen molar-refractivity contribution in [2.75, 3.05) is 14.2 Å². The van der Waals surface area contributed by atoms with Gasteiger partial charge in [0.15, 0.2) is 0 Å². The predicted molar refractivity (Wildman–Crippen MR) is 86.5 cm³/mol. The molecule has 0 bridgehead atoms. The zero-order valence-electron chi connectivity index (χ0n) is 12.6. The summed E-state index contributed by atoms with van der Waals surface area (Å²) >= 11 is 0. The van der Waals surface area contributed by atoms with Crippen LogP contribution in [0.5, 0.6) is 5.75 Å². The van der Waals surface area contributed by atoms with Crippen LogP contribution in [0.1, 0.15) is 11.1 Å². The summed E-state index contributed by atoms with van der Waals surface area (Å²) < 4.78 is 6.71. The Hall–Kier alpha value is -2.75. The zero-order valence-corrected chi connectivity index (χ0v) is 12.6. The molecule has 22 heavy (non-hydrogen) atoms. The van der Waals surface area contributed by atoms with E-state index in [0.29, 0.717) is 17.6 Å². The molecule has 4 heteroatoms. The fourth-order valence-electron chi connectivity index (χ4n) is 2.68. The number of fused-ring (bicyclic) bond motifs is 1. The van der Waals surface area contributed by atoms with Gasteiger partial charge < -0.3 is 9.57 Å². The Morgan fingerprint density at radius 1 is 1.00 bits per heavy atom. The lowest BCUT2D eigenvalue weighted by molar-refractivity contribution is 0.158. The van der Waals surface area contributed by atoms with Gasteiger partial charge >= 0.3 is 0 Å². The molecule has 3 aromatic rings. The number of pyridine rings is 1. The number of rotatable bonds is 4. The average Bonchev–Trinajstić information content (AvgIpc) is 2.57. The lowest BCUT2D eigenvalue weighted by Gasteiger charge is -2.13. The molecular formula is C18H17NO3. The van der Waals surface area contributed by atoms with Gasteiger partial charge in [0, 0.05) is 5.39 Å². The van der Waals surface area contributed by atoms with E-state index in [4.69, 9.17) is 9.57 Å². The summed E-state index contributed by atoms with van der Waals surface area (Å²) in [5.74, 6) is 0.698. The van der Waals surface area contributed by atoms with Crippen molar-refractivity contribution >= 4 is 10.8 Å². The molecule has 0 aliphatic rings. The van der Waals surface area contributed by atoms with Crippen LogP contribution in [-0.2, 0) is 6.42 Å². The standard InChI is InChI=1S/C18H17NO3/c1-21-16-10-6-9-15-17(16)14(12-19(22-2)18(15)20)11-13-7-4-3-5-8-13/h3-10,12H,11H2,1-2H3. The fourth-order valence-corrected chi connectivity index (χ4v) is 2.68.